The first-order valence-corrected chi connectivity index (χ1v) is 10.4. The molecule has 0 bridgehead atoms. The number of carbonyl (C=O) groups is 1. The Morgan fingerprint density at radius 1 is 0.767 bits per heavy atom. The minimum absolute atomic E-state index is 0.244. The molecule has 0 saturated heterocycles. The molecule has 10 heteroatoms. The maximum Gasteiger partial charge on any atom is 0.323 e. The van der Waals surface area contributed by atoms with Crippen LogP contribution in [0.4, 0.5) is 27.5 Å². The van der Waals surface area contributed by atoms with E-state index in [0.29, 0.717) is 0 Å². The van der Waals surface area contributed by atoms with Crippen LogP contribution in [0.5, 0.6) is 0 Å². The Balaban J connectivity index is 0.000000656. The van der Waals surface area contributed by atoms with Gasteiger partial charge in [0.2, 0.25) is 10.4 Å². The number of hydrogen-bond acceptors (Lipinski definition) is 5. The molecule has 0 aliphatic heterocycles. The summed E-state index contributed by atoms with van der Waals surface area (Å²) in [5.74, 6) is 0. The van der Waals surface area contributed by atoms with Gasteiger partial charge >= 0.3 is 6.03 Å². The minimum atomic E-state index is -4.41. The SMILES string of the molecule is COS(=O)(=O)[O-].C[N+](C)(C)c1ccc(NC(=O)Nc2ccc([N+](C)(C)C)cc2)cc1. The van der Waals surface area contributed by atoms with Crippen LogP contribution in [0.1, 0.15) is 0 Å². The van der Waals surface area contributed by atoms with Crippen LogP contribution < -0.4 is 19.6 Å². The highest BCUT2D eigenvalue weighted by Crippen LogP contribution is 2.21. The van der Waals surface area contributed by atoms with Gasteiger partial charge in [0.15, 0.2) is 0 Å². The summed E-state index contributed by atoms with van der Waals surface area (Å²) in [7, 11) is 9.03. The zero-order valence-electron chi connectivity index (χ0n) is 18.5. The molecule has 2 aromatic rings. The summed E-state index contributed by atoms with van der Waals surface area (Å²) >= 11 is 0. The maximum atomic E-state index is 12.1. The molecule has 0 aromatic heterocycles. The lowest BCUT2D eigenvalue weighted by molar-refractivity contribution is 0.262. The lowest BCUT2D eigenvalue weighted by Crippen LogP contribution is -2.34. The number of quaternary nitrogens is 2. The second kappa shape index (κ2) is 10.0. The fourth-order valence-corrected chi connectivity index (χ4v) is 2.28. The number of benzene rings is 2. The third-order valence-corrected chi connectivity index (χ3v) is 4.41. The van der Waals surface area contributed by atoms with Crippen LogP contribution in [0, 0.1) is 0 Å². The Morgan fingerprint density at radius 3 is 1.23 bits per heavy atom. The van der Waals surface area contributed by atoms with E-state index in [1.54, 1.807) is 0 Å². The number of nitrogens with zero attached hydrogens (tertiary/aromatic N) is 2. The van der Waals surface area contributed by atoms with Crippen molar-refractivity contribution in [2.45, 2.75) is 0 Å². The largest absolute Gasteiger partial charge is 0.726 e. The predicted molar refractivity (Wildman–Crippen MR) is 121 cm³/mol. The summed E-state index contributed by atoms with van der Waals surface area (Å²) in [6.45, 7) is 0. The number of rotatable bonds is 5. The van der Waals surface area contributed by atoms with Crippen molar-refractivity contribution < 1.29 is 21.9 Å². The van der Waals surface area contributed by atoms with Crippen molar-refractivity contribution in [1.82, 2.24) is 8.97 Å². The topological polar surface area (TPSA) is 108 Å². The molecular formula is C20H31N4O5S+. The first kappa shape index (κ1) is 25.5. The van der Waals surface area contributed by atoms with E-state index in [1.165, 1.54) is 11.4 Å². The third-order valence-electron chi connectivity index (χ3n) is 4.00. The van der Waals surface area contributed by atoms with Crippen LogP contribution in [-0.4, -0.2) is 68.4 Å². The van der Waals surface area contributed by atoms with E-state index >= 15 is 0 Å². The van der Waals surface area contributed by atoms with Crippen molar-refractivity contribution in [3.8, 4) is 0 Å². The summed E-state index contributed by atoms with van der Waals surface area (Å²) in [5, 5.41) is 5.71. The van der Waals surface area contributed by atoms with Gasteiger partial charge in [0.25, 0.3) is 0 Å². The van der Waals surface area contributed by atoms with Crippen LogP contribution in [0.15, 0.2) is 48.5 Å². The maximum absolute atomic E-state index is 12.1. The lowest BCUT2D eigenvalue weighted by Gasteiger charge is -2.23. The van der Waals surface area contributed by atoms with E-state index in [1.807, 2.05) is 48.5 Å². The van der Waals surface area contributed by atoms with Crippen molar-refractivity contribution in [3.63, 3.8) is 0 Å². The molecule has 166 valence electrons. The van der Waals surface area contributed by atoms with Gasteiger partial charge in [0.05, 0.1) is 49.4 Å². The summed E-state index contributed by atoms with van der Waals surface area (Å²) in [4.78, 5) is 12.1. The molecule has 0 radical (unpaired) electrons. The Kier molecular flexibility index (Phi) is 8.52. The molecule has 2 N–H and O–H groups in total. The van der Waals surface area contributed by atoms with E-state index in [9.17, 15) is 17.8 Å². The molecule has 2 rings (SSSR count). The molecule has 0 aliphatic rings. The standard InChI is InChI=1S/C19H27N4O.CH4O4S/c1-22(2,3)17-11-7-15(8-12-17)20-19(24)21-16-9-13-18(14-10-16)23(4,5)6;1-5-6(2,3)4/h7-14H,1-6H3,(H-,20,21,24);1H3,(H,2,3,4)/q+1;. The smallest absolute Gasteiger partial charge is 0.323 e. The van der Waals surface area contributed by atoms with Gasteiger partial charge < -0.3 is 15.2 Å². The fourth-order valence-electron chi connectivity index (χ4n) is 2.28. The molecule has 0 aliphatic carbocycles. The summed E-state index contributed by atoms with van der Waals surface area (Å²) in [5.41, 5.74) is 3.90. The molecule has 0 fully saturated rings. The number of urea groups is 1. The van der Waals surface area contributed by atoms with E-state index in [2.05, 4.69) is 57.1 Å². The first-order chi connectivity index (χ1) is 13.6. The van der Waals surface area contributed by atoms with Gasteiger partial charge in [0.1, 0.15) is 11.4 Å². The molecule has 0 atom stereocenters. The average molecular weight is 440 g/mol. The van der Waals surface area contributed by atoms with Crippen LogP contribution >= 0.6 is 0 Å². The molecule has 0 saturated carbocycles. The van der Waals surface area contributed by atoms with Crippen LogP contribution in [0.2, 0.25) is 0 Å². The summed E-state index contributed by atoms with van der Waals surface area (Å²) < 4.78 is 32.5. The van der Waals surface area contributed by atoms with Crippen LogP contribution in [-0.2, 0) is 14.6 Å². The highest BCUT2D eigenvalue weighted by Gasteiger charge is 2.13. The number of amides is 2. The van der Waals surface area contributed by atoms with Crippen LogP contribution in [0.3, 0.4) is 0 Å². The Labute approximate surface area is 179 Å². The average Bonchev–Trinajstić information content (AvgIpc) is 2.61. The number of carbonyl (C=O) groups excluding carboxylic acids is 1. The monoisotopic (exact) mass is 439 g/mol. The quantitative estimate of drug-likeness (QED) is 0.423. The number of nitrogens with one attached hydrogen (secondary N) is 2. The molecular weight excluding hydrogens is 408 g/mol. The zero-order valence-corrected chi connectivity index (χ0v) is 19.3. The van der Waals surface area contributed by atoms with Crippen LogP contribution in [0.25, 0.3) is 0 Å². The van der Waals surface area contributed by atoms with Crippen molar-refractivity contribution in [1.29, 1.82) is 0 Å². The van der Waals surface area contributed by atoms with Crippen molar-refractivity contribution in [2.75, 3.05) is 60.0 Å². The Morgan fingerprint density at radius 2 is 1.03 bits per heavy atom. The van der Waals surface area contributed by atoms with Gasteiger partial charge in [-0.3, -0.25) is 13.1 Å². The Bertz CT molecular complexity index is 868. The second-order valence-electron chi connectivity index (χ2n) is 8.27. The van der Waals surface area contributed by atoms with Crippen molar-refractivity contribution in [3.05, 3.63) is 48.5 Å². The van der Waals surface area contributed by atoms with E-state index in [4.69, 9.17) is 0 Å². The van der Waals surface area contributed by atoms with Crippen molar-refractivity contribution >= 4 is 39.2 Å². The molecule has 2 amide bonds. The molecule has 30 heavy (non-hydrogen) atoms. The molecule has 0 heterocycles. The molecule has 0 unspecified atom stereocenters. The molecule has 0 spiro atoms. The number of anilines is 2. The first-order valence-electron chi connectivity index (χ1n) is 9.05. The molecule has 9 nitrogen and oxygen atoms in total. The van der Waals surface area contributed by atoms with Gasteiger partial charge in [-0.25, -0.2) is 13.2 Å². The predicted octanol–water partition coefficient (Wildman–Crippen LogP) is 2.82. The van der Waals surface area contributed by atoms with Crippen molar-refractivity contribution in [2.24, 2.45) is 0 Å². The summed E-state index contributed by atoms with van der Waals surface area (Å²) in [6.07, 6.45) is 0. The van der Waals surface area contributed by atoms with Gasteiger partial charge in [-0.15, -0.1) is 0 Å². The van der Waals surface area contributed by atoms with Gasteiger partial charge in [-0.1, -0.05) is 0 Å². The van der Waals surface area contributed by atoms with Gasteiger partial charge in [-0.05, 0) is 24.3 Å². The zero-order chi connectivity index (χ0) is 23.2. The van der Waals surface area contributed by atoms with Gasteiger partial charge in [0, 0.05) is 35.6 Å². The minimum Gasteiger partial charge on any atom is -0.726 e. The highest BCUT2D eigenvalue weighted by molar-refractivity contribution is 7.80. The molecule has 2 aromatic carbocycles. The fraction of sp³-hybridized carbons (Fsp3) is 0.350. The normalized spacial score (nSPS) is 11.9. The van der Waals surface area contributed by atoms with E-state index in [0.717, 1.165) is 27.5 Å². The highest BCUT2D eigenvalue weighted by atomic mass is 32.3. The van der Waals surface area contributed by atoms with E-state index in [-0.39, 0.29) is 6.03 Å². The number of hydrogen-bond donors (Lipinski definition) is 2. The third kappa shape index (κ3) is 9.33. The summed E-state index contributed by atoms with van der Waals surface area (Å²) in [6, 6.07) is 15.5. The van der Waals surface area contributed by atoms with Gasteiger partial charge in [-0.2, -0.15) is 0 Å². The second-order valence-corrected chi connectivity index (χ2v) is 9.42. The Hall–Kier alpha value is -2.50. The lowest BCUT2D eigenvalue weighted by atomic mass is 10.2. The van der Waals surface area contributed by atoms with E-state index < -0.39 is 10.4 Å².